The van der Waals surface area contributed by atoms with Crippen LogP contribution in [0.1, 0.15) is 32.8 Å². The first-order valence-corrected chi connectivity index (χ1v) is 7.92. The topological polar surface area (TPSA) is 24.5 Å². The number of benzene rings is 1. The van der Waals surface area contributed by atoms with Gasteiger partial charge in [0.1, 0.15) is 0 Å². The summed E-state index contributed by atoms with van der Waals surface area (Å²) in [7, 11) is 3.89. The monoisotopic (exact) mass is 292 g/mol. The SMILES string of the molecule is COCCN(C)CCNC(C)CC(C)(C)c1ccccc1. The molecule has 0 saturated heterocycles. The molecule has 0 saturated carbocycles. The number of hydrogen-bond acceptors (Lipinski definition) is 3. The van der Waals surface area contributed by atoms with E-state index in [2.05, 4.69) is 68.4 Å². The zero-order valence-corrected chi connectivity index (χ0v) is 14.4. The zero-order valence-electron chi connectivity index (χ0n) is 14.4. The molecule has 0 fully saturated rings. The first kappa shape index (κ1) is 18.1. The molecule has 0 aliphatic carbocycles. The lowest BCUT2D eigenvalue weighted by Crippen LogP contribution is -2.38. The maximum Gasteiger partial charge on any atom is 0.0589 e. The summed E-state index contributed by atoms with van der Waals surface area (Å²) in [5.74, 6) is 0. The third-order valence-electron chi connectivity index (χ3n) is 4.04. The molecular weight excluding hydrogens is 260 g/mol. The second-order valence-corrected chi connectivity index (χ2v) is 6.61. The number of hydrogen-bond donors (Lipinski definition) is 1. The van der Waals surface area contributed by atoms with Crippen molar-refractivity contribution in [3.8, 4) is 0 Å². The molecule has 0 heterocycles. The smallest absolute Gasteiger partial charge is 0.0589 e. The lowest BCUT2D eigenvalue weighted by molar-refractivity contribution is 0.161. The van der Waals surface area contributed by atoms with E-state index < -0.39 is 0 Å². The molecule has 120 valence electrons. The number of methoxy groups -OCH3 is 1. The van der Waals surface area contributed by atoms with E-state index in [0.717, 1.165) is 32.7 Å². The van der Waals surface area contributed by atoms with Gasteiger partial charge in [-0.25, -0.2) is 0 Å². The van der Waals surface area contributed by atoms with Crippen LogP contribution in [0.5, 0.6) is 0 Å². The van der Waals surface area contributed by atoms with Gasteiger partial charge in [-0.15, -0.1) is 0 Å². The van der Waals surface area contributed by atoms with Gasteiger partial charge >= 0.3 is 0 Å². The molecule has 1 aromatic carbocycles. The molecule has 0 bridgehead atoms. The Labute approximate surface area is 130 Å². The highest BCUT2D eigenvalue weighted by molar-refractivity contribution is 5.23. The lowest BCUT2D eigenvalue weighted by atomic mass is 9.79. The largest absolute Gasteiger partial charge is 0.383 e. The fourth-order valence-corrected chi connectivity index (χ4v) is 2.71. The summed E-state index contributed by atoms with van der Waals surface area (Å²) < 4.78 is 5.09. The summed E-state index contributed by atoms with van der Waals surface area (Å²) in [5.41, 5.74) is 1.62. The number of nitrogens with one attached hydrogen (secondary N) is 1. The van der Waals surface area contributed by atoms with Crippen LogP contribution >= 0.6 is 0 Å². The van der Waals surface area contributed by atoms with Crippen LogP contribution in [0.3, 0.4) is 0 Å². The van der Waals surface area contributed by atoms with Crippen molar-refractivity contribution in [2.45, 2.75) is 38.6 Å². The molecule has 0 aromatic heterocycles. The Morgan fingerprint density at radius 3 is 2.48 bits per heavy atom. The van der Waals surface area contributed by atoms with E-state index >= 15 is 0 Å². The summed E-state index contributed by atoms with van der Waals surface area (Å²) in [6, 6.07) is 11.3. The van der Waals surface area contributed by atoms with Crippen LogP contribution in [0.4, 0.5) is 0 Å². The van der Waals surface area contributed by atoms with Gasteiger partial charge in [-0.2, -0.15) is 0 Å². The number of ether oxygens (including phenoxy) is 1. The molecule has 0 aliphatic rings. The van der Waals surface area contributed by atoms with Gasteiger partial charge in [0.15, 0.2) is 0 Å². The first-order chi connectivity index (χ1) is 9.95. The van der Waals surface area contributed by atoms with Gasteiger partial charge in [0.05, 0.1) is 6.61 Å². The average Bonchev–Trinajstić information content (AvgIpc) is 2.45. The number of likely N-dealkylation sites (N-methyl/N-ethyl adjacent to an activating group) is 1. The second-order valence-electron chi connectivity index (χ2n) is 6.61. The molecule has 0 amide bonds. The van der Waals surface area contributed by atoms with Crippen molar-refractivity contribution in [3.05, 3.63) is 35.9 Å². The maximum absolute atomic E-state index is 5.09. The minimum absolute atomic E-state index is 0.204. The molecule has 1 unspecified atom stereocenters. The van der Waals surface area contributed by atoms with E-state index in [9.17, 15) is 0 Å². The summed E-state index contributed by atoms with van der Waals surface area (Å²) in [5, 5.41) is 3.63. The third kappa shape index (κ3) is 7.07. The summed E-state index contributed by atoms with van der Waals surface area (Å²) in [6.07, 6.45) is 1.14. The molecule has 3 heteroatoms. The van der Waals surface area contributed by atoms with E-state index in [1.165, 1.54) is 5.56 Å². The van der Waals surface area contributed by atoms with Gasteiger partial charge in [0, 0.05) is 32.8 Å². The number of rotatable bonds is 10. The third-order valence-corrected chi connectivity index (χ3v) is 4.04. The van der Waals surface area contributed by atoms with E-state index in [-0.39, 0.29) is 5.41 Å². The van der Waals surface area contributed by atoms with E-state index in [1.807, 2.05) is 0 Å². The fourth-order valence-electron chi connectivity index (χ4n) is 2.71. The summed E-state index contributed by atoms with van der Waals surface area (Å²) in [6.45, 7) is 10.8. The molecule has 0 spiro atoms. The van der Waals surface area contributed by atoms with Crippen molar-refractivity contribution in [2.75, 3.05) is 40.4 Å². The van der Waals surface area contributed by atoms with Crippen LogP contribution in [0, 0.1) is 0 Å². The Bertz CT molecular complexity index is 378. The highest BCUT2D eigenvalue weighted by Gasteiger charge is 2.22. The Kier molecular flexibility index (Phi) is 7.94. The van der Waals surface area contributed by atoms with Crippen LogP contribution in [0.2, 0.25) is 0 Å². The normalized spacial score (nSPS) is 13.6. The molecule has 0 radical (unpaired) electrons. The molecule has 1 aromatic rings. The minimum atomic E-state index is 0.204. The van der Waals surface area contributed by atoms with Gasteiger partial charge in [0.25, 0.3) is 0 Å². The fraction of sp³-hybridized carbons (Fsp3) is 0.667. The van der Waals surface area contributed by atoms with E-state index in [0.29, 0.717) is 6.04 Å². The molecule has 3 nitrogen and oxygen atoms in total. The van der Waals surface area contributed by atoms with Crippen molar-refractivity contribution in [1.29, 1.82) is 0 Å². The molecule has 21 heavy (non-hydrogen) atoms. The lowest BCUT2D eigenvalue weighted by Gasteiger charge is -2.29. The maximum atomic E-state index is 5.09. The quantitative estimate of drug-likeness (QED) is 0.717. The second kappa shape index (κ2) is 9.19. The van der Waals surface area contributed by atoms with Gasteiger partial charge in [-0.1, -0.05) is 44.2 Å². The first-order valence-electron chi connectivity index (χ1n) is 7.92. The predicted octanol–water partition coefficient (Wildman–Crippen LogP) is 2.91. The van der Waals surface area contributed by atoms with Gasteiger partial charge in [0.2, 0.25) is 0 Å². The van der Waals surface area contributed by atoms with Gasteiger partial charge in [-0.05, 0) is 31.4 Å². The minimum Gasteiger partial charge on any atom is -0.383 e. The van der Waals surface area contributed by atoms with Crippen LogP contribution < -0.4 is 5.32 Å². The Morgan fingerprint density at radius 2 is 1.86 bits per heavy atom. The van der Waals surface area contributed by atoms with Crippen LogP contribution in [0.15, 0.2) is 30.3 Å². The molecule has 1 atom stereocenters. The van der Waals surface area contributed by atoms with E-state index in [1.54, 1.807) is 7.11 Å². The average molecular weight is 292 g/mol. The van der Waals surface area contributed by atoms with Crippen LogP contribution in [0.25, 0.3) is 0 Å². The van der Waals surface area contributed by atoms with Crippen molar-refractivity contribution >= 4 is 0 Å². The zero-order chi connectivity index (χ0) is 15.7. The highest BCUT2D eigenvalue weighted by Crippen LogP contribution is 2.27. The Morgan fingerprint density at radius 1 is 1.19 bits per heavy atom. The molecule has 1 rings (SSSR count). The van der Waals surface area contributed by atoms with E-state index in [4.69, 9.17) is 4.74 Å². The molecular formula is C18H32N2O. The van der Waals surface area contributed by atoms with Crippen molar-refractivity contribution in [2.24, 2.45) is 0 Å². The van der Waals surface area contributed by atoms with Gasteiger partial charge in [-0.3, -0.25) is 0 Å². The Hall–Kier alpha value is -0.900. The summed E-state index contributed by atoms with van der Waals surface area (Å²) in [4.78, 5) is 2.30. The standard InChI is InChI=1S/C18H32N2O/c1-16(19-11-12-20(4)13-14-21-5)15-18(2,3)17-9-7-6-8-10-17/h6-10,16,19H,11-15H2,1-5H3. The van der Waals surface area contributed by atoms with Crippen molar-refractivity contribution in [3.63, 3.8) is 0 Å². The van der Waals surface area contributed by atoms with Crippen molar-refractivity contribution in [1.82, 2.24) is 10.2 Å². The van der Waals surface area contributed by atoms with Gasteiger partial charge < -0.3 is 15.0 Å². The van der Waals surface area contributed by atoms with Crippen LogP contribution in [-0.2, 0) is 10.2 Å². The Balaban J connectivity index is 2.31. The molecule has 1 N–H and O–H groups in total. The van der Waals surface area contributed by atoms with Crippen molar-refractivity contribution < 1.29 is 4.74 Å². The number of nitrogens with zero attached hydrogens (tertiary/aromatic N) is 1. The van der Waals surface area contributed by atoms with Crippen LogP contribution in [-0.4, -0.2) is 51.3 Å². The molecule has 0 aliphatic heterocycles. The summed E-state index contributed by atoms with van der Waals surface area (Å²) >= 11 is 0. The highest BCUT2D eigenvalue weighted by atomic mass is 16.5. The predicted molar refractivity (Wildman–Crippen MR) is 90.9 cm³/mol.